The second kappa shape index (κ2) is 7.77. The first-order valence-corrected chi connectivity index (χ1v) is 8.81. The summed E-state index contributed by atoms with van der Waals surface area (Å²) >= 11 is 6.06. The van der Waals surface area contributed by atoms with Crippen LogP contribution in [0.3, 0.4) is 0 Å². The Hall–Kier alpha value is -1.11. The van der Waals surface area contributed by atoms with Crippen LogP contribution in [0.1, 0.15) is 25.8 Å². The molecule has 0 spiro atoms. The highest BCUT2D eigenvalue weighted by Gasteiger charge is 2.14. The van der Waals surface area contributed by atoms with Crippen molar-refractivity contribution in [1.82, 2.24) is 4.72 Å². The lowest BCUT2D eigenvalue weighted by Crippen LogP contribution is -2.38. The van der Waals surface area contributed by atoms with E-state index in [1.54, 1.807) is 19.1 Å². The van der Waals surface area contributed by atoms with Gasteiger partial charge in [0.2, 0.25) is 15.9 Å². The van der Waals surface area contributed by atoms with Gasteiger partial charge in [-0.15, -0.1) is 0 Å². The van der Waals surface area contributed by atoms with E-state index >= 15 is 0 Å². The number of hydrogen-bond donors (Lipinski definition) is 1. The number of halogens is 1. The smallest absolute Gasteiger partial charge is 0.223 e. The first-order chi connectivity index (χ1) is 9.76. The summed E-state index contributed by atoms with van der Waals surface area (Å²) in [4.78, 5) is 13.2. The Morgan fingerprint density at radius 3 is 2.57 bits per heavy atom. The van der Waals surface area contributed by atoms with Crippen LogP contribution >= 0.6 is 11.6 Å². The molecule has 1 N–H and O–H groups in total. The van der Waals surface area contributed by atoms with Crippen molar-refractivity contribution in [2.45, 2.75) is 27.2 Å². The van der Waals surface area contributed by atoms with Gasteiger partial charge in [0.05, 0.1) is 5.75 Å². The molecular weight excluding hydrogens is 312 g/mol. The van der Waals surface area contributed by atoms with Crippen molar-refractivity contribution < 1.29 is 13.2 Å². The SMILES string of the molecule is CCCS(=O)(=O)NCCN(C(C)=O)c1ccc(C)c(Cl)c1. The van der Waals surface area contributed by atoms with E-state index in [-0.39, 0.29) is 24.7 Å². The molecule has 0 heterocycles. The van der Waals surface area contributed by atoms with E-state index in [9.17, 15) is 13.2 Å². The molecule has 1 rings (SSSR count). The van der Waals surface area contributed by atoms with E-state index in [0.29, 0.717) is 17.1 Å². The number of nitrogens with one attached hydrogen (secondary N) is 1. The van der Waals surface area contributed by atoms with Crippen LogP contribution in [0.2, 0.25) is 5.02 Å². The highest BCUT2D eigenvalue weighted by molar-refractivity contribution is 7.89. The van der Waals surface area contributed by atoms with Crippen molar-refractivity contribution in [3.8, 4) is 0 Å². The first kappa shape index (κ1) is 17.9. The highest BCUT2D eigenvalue weighted by Crippen LogP contribution is 2.23. The Balaban J connectivity index is 2.75. The largest absolute Gasteiger partial charge is 0.311 e. The molecule has 1 aromatic rings. The van der Waals surface area contributed by atoms with Crippen LogP contribution in [0.4, 0.5) is 5.69 Å². The van der Waals surface area contributed by atoms with Crippen LogP contribution in [0.15, 0.2) is 18.2 Å². The molecular formula is C14H21ClN2O3S. The Bertz CT molecular complexity index is 602. The molecule has 0 radical (unpaired) electrons. The summed E-state index contributed by atoms with van der Waals surface area (Å²) in [6.45, 7) is 5.55. The normalized spacial score (nSPS) is 11.4. The minimum Gasteiger partial charge on any atom is -0.311 e. The van der Waals surface area contributed by atoms with E-state index in [0.717, 1.165) is 5.56 Å². The van der Waals surface area contributed by atoms with Crippen molar-refractivity contribution >= 4 is 33.2 Å². The van der Waals surface area contributed by atoms with Crippen LogP contribution in [-0.2, 0) is 14.8 Å². The standard InChI is InChI=1S/C14H21ClN2O3S/c1-4-9-21(19,20)16-7-8-17(12(3)18)13-6-5-11(2)14(15)10-13/h5-6,10,16H,4,7-9H2,1-3H3. The third-order valence-corrected chi connectivity index (χ3v) is 4.97. The lowest BCUT2D eigenvalue weighted by Gasteiger charge is -2.22. The first-order valence-electron chi connectivity index (χ1n) is 6.78. The quantitative estimate of drug-likeness (QED) is 0.833. The molecule has 0 saturated carbocycles. The van der Waals surface area contributed by atoms with E-state index in [1.807, 2.05) is 13.0 Å². The number of aryl methyl sites for hydroxylation is 1. The Labute approximate surface area is 131 Å². The summed E-state index contributed by atoms with van der Waals surface area (Å²) in [5.41, 5.74) is 1.58. The van der Waals surface area contributed by atoms with Crippen molar-refractivity contribution in [2.75, 3.05) is 23.7 Å². The molecule has 0 aromatic heterocycles. The molecule has 7 heteroatoms. The van der Waals surface area contributed by atoms with Gasteiger partial charge < -0.3 is 4.90 Å². The average Bonchev–Trinajstić information content (AvgIpc) is 2.37. The lowest BCUT2D eigenvalue weighted by atomic mass is 10.2. The van der Waals surface area contributed by atoms with Gasteiger partial charge in [0.25, 0.3) is 0 Å². The molecule has 0 aliphatic rings. The molecule has 21 heavy (non-hydrogen) atoms. The van der Waals surface area contributed by atoms with E-state index in [2.05, 4.69) is 4.72 Å². The summed E-state index contributed by atoms with van der Waals surface area (Å²) in [5.74, 6) is -0.0757. The number of hydrogen-bond acceptors (Lipinski definition) is 3. The van der Waals surface area contributed by atoms with Gasteiger partial charge in [-0.3, -0.25) is 4.79 Å². The fourth-order valence-electron chi connectivity index (χ4n) is 1.87. The van der Waals surface area contributed by atoms with Crippen molar-refractivity contribution in [3.05, 3.63) is 28.8 Å². The zero-order chi connectivity index (χ0) is 16.0. The number of sulfonamides is 1. The molecule has 0 bridgehead atoms. The number of nitrogens with zero attached hydrogens (tertiary/aromatic N) is 1. The number of carbonyl (C=O) groups excluding carboxylic acids is 1. The van der Waals surface area contributed by atoms with Gasteiger partial charge in [-0.25, -0.2) is 13.1 Å². The predicted molar refractivity (Wildman–Crippen MR) is 86.3 cm³/mol. The number of benzene rings is 1. The van der Waals surface area contributed by atoms with Gasteiger partial charge in [-0.1, -0.05) is 24.6 Å². The molecule has 5 nitrogen and oxygen atoms in total. The lowest BCUT2D eigenvalue weighted by molar-refractivity contribution is -0.116. The zero-order valence-electron chi connectivity index (χ0n) is 12.5. The fourth-order valence-corrected chi connectivity index (χ4v) is 3.13. The Morgan fingerprint density at radius 2 is 2.05 bits per heavy atom. The molecule has 0 atom stereocenters. The second-order valence-corrected chi connectivity index (χ2v) is 7.15. The number of anilines is 1. The molecule has 1 amide bonds. The summed E-state index contributed by atoms with van der Waals surface area (Å²) in [6.07, 6.45) is 0.555. The Kier molecular flexibility index (Phi) is 6.64. The van der Waals surface area contributed by atoms with E-state index in [1.165, 1.54) is 11.8 Å². The summed E-state index contributed by atoms with van der Waals surface area (Å²) in [5, 5.41) is 0.574. The van der Waals surface area contributed by atoms with Crippen LogP contribution in [0, 0.1) is 6.92 Å². The van der Waals surface area contributed by atoms with Gasteiger partial charge in [0, 0.05) is 30.7 Å². The summed E-state index contributed by atoms with van der Waals surface area (Å²) in [6, 6.07) is 5.33. The van der Waals surface area contributed by atoms with Gasteiger partial charge in [0.1, 0.15) is 0 Å². The topological polar surface area (TPSA) is 66.5 Å². The number of amides is 1. The minimum atomic E-state index is -3.26. The molecule has 0 unspecified atom stereocenters. The second-order valence-electron chi connectivity index (χ2n) is 4.82. The van der Waals surface area contributed by atoms with Gasteiger partial charge in [-0.2, -0.15) is 0 Å². The molecule has 1 aromatic carbocycles. The van der Waals surface area contributed by atoms with Gasteiger partial charge in [-0.05, 0) is 31.0 Å². The molecule has 0 aliphatic carbocycles. The average molecular weight is 333 g/mol. The summed E-state index contributed by atoms with van der Waals surface area (Å²) in [7, 11) is -3.26. The minimum absolute atomic E-state index is 0.0867. The van der Waals surface area contributed by atoms with Gasteiger partial charge in [0.15, 0.2) is 0 Å². The molecule has 0 fully saturated rings. The van der Waals surface area contributed by atoms with Crippen LogP contribution in [0.5, 0.6) is 0 Å². The predicted octanol–water partition coefficient (Wildman–Crippen LogP) is 2.33. The molecule has 0 aliphatic heterocycles. The van der Waals surface area contributed by atoms with Gasteiger partial charge >= 0.3 is 0 Å². The van der Waals surface area contributed by atoms with E-state index < -0.39 is 10.0 Å². The zero-order valence-corrected chi connectivity index (χ0v) is 14.1. The molecule has 0 saturated heterocycles. The highest BCUT2D eigenvalue weighted by atomic mass is 35.5. The maximum atomic E-state index is 11.7. The maximum absolute atomic E-state index is 11.7. The third-order valence-electron chi connectivity index (χ3n) is 2.98. The van der Waals surface area contributed by atoms with Crippen LogP contribution in [0.25, 0.3) is 0 Å². The number of rotatable bonds is 7. The van der Waals surface area contributed by atoms with Crippen molar-refractivity contribution in [3.63, 3.8) is 0 Å². The maximum Gasteiger partial charge on any atom is 0.223 e. The summed E-state index contributed by atoms with van der Waals surface area (Å²) < 4.78 is 25.6. The van der Waals surface area contributed by atoms with E-state index in [4.69, 9.17) is 11.6 Å². The molecule has 118 valence electrons. The third kappa shape index (κ3) is 5.65. The Morgan fingerprint density at radius 1 is 1.38 bits per heavy atom. The van der Waals surface area contributed by atoms with Crippen LogP contribution < -0.4 is 9.62 Å². The number of carbonyl (C=O) groups is 1. The van der Waals surface area contributed by atoms with Crippen molar-refractivity contribution in [2.24, 2.45) is 0 Å². The monoisotopic (exact) mass is 332 g/mol. The van der Waals surface area contributed by atoms with Crippen LogP contribution in [-0.4, -0.2) is 33.2 Å². The van der Waals surface area contributed by atoms with Crippen molar-refractivity contribution in [1.29, 1.82) is 0 Å². The fraction of sp³-hybridized carbons (Fsp3) is 0.500.